The Morgan fingerprint density at radius 1 is 1.28 bits per heavy atom. The van der Waals surface area contributed by atoms with Crippen LogP contribution < -0.4 is 16.0 Å². The van der Waals surface area contributed by atoms with E-state index in [0.717, 1.165) is 19.4 Å². The molecule has 25 heavy (non-hydrogen) atoms. The van der Waals surface area contributed by atoms with Crippen LogP contribution in [-0.4, -0.2) is 34.7 Å². The van der Waals surface area contributed by atoms with Crippen molar-refractivity contribution in [1.82, 2.24) is 15.1 Å². The first kappa shape index (κ1) is 17.2. The molecule has 3 N–H and O–H groups in total. The van der Waals surface area contributed by atoms with Gasteiger partial charge < -0.3 is 16.0 Å². The van der Waals surface area contributed by atoms with Crippen molar-refractivity contribution in [3.8, 4) is 0 Å². The van der Waals surface area contributed by atoms with Gasteiger partial charge in [-0.3, -0.25) is 14.3 Å². The molecule has 1 fully saturated rings. The van der Waals surface area contributed by atoms with Crippen LogP contribution >= 0.6 is 0 Å². The Morgan fingerprint density at radius 2 is 2.08 bits per heavy atom. The minimum absolute atomic E-state index is 0.00756. The Balaban J connectivity index is 1.61. The van der Waals surface area contributed by atoms with Crippen LogP contribution in [0, 0.1) is 5.92 Å². The molecule has 1 aromatic carbocycles. The lowest BCUT2D eigenvalue weighted by atomic mass is 9.99. The number of rotatable bonds is 5. The van der Waals surface area contributed by atoms with Gasteiger partial charge in [0.1, 0.15) is 6.04 Å². The van der Waals surface area contributed by atoms with Gasteiger partial charge in [0.05, 0.1) is 5.92 Å². The van der Waals surface area contributed by atoms with Crippen molar-refractivity contribution in [3.63, 3.8) is 0 Å². The Bertz CT molecular complexity index is 723. The molecule has 132 valence electrons. The second-order valence-corrected chi connectivity index (χ2v) is 6.26. The van der Waals surface area contributed by atoms with E-state index < -0.39 is 6.04 Å². The van der Waals surface area contributed by atoms with Crippen molar-refractivity contribution in [1.29, 1.82) is 0 Å². The molecule has 0 saturated carbocycles. The number of carbonyl (C=O) groups excluding carboxylic acids is 2. The summed E-state index contributed by atoms with van der Waals surface area (Å²) in [6.07, 6.45) is 5.30. The molecule has 0 radical (unpaired) electrons. The predicted molar refractivity (Wildman–Crippen MR) is 96.2 cm³/mol. The number of piperidine rings is 1. The zero-order valence-corrected chi connectivity index (χ0v) is 14.2. The van der Waals surface area contributed by atoms with Gasteiger partial charge in [0, 0.05) is 30.3 Å². The zero-order valence-electron chi connectivity index (χ0n) is 14.2. The van der Waals surface area contributed by atoms with Crippen molar-refractivity contribution in [2.75, 3.05) is 23.7 Å². The van der Waals surface area contributed by atoms with Crippen LogP contribution in [0.2, 0.25) is 0 Å². The van der Waals surface area contributed by atoms with Gasteiger partial charge in [-0.2, -0.15) is 5.10 Å². The van der Waals surface area contributed by atoms with Gasteiger partial charge in [-0.05, 0) is 50.6 Å². The molecule has 0 spiro atoms. The molecule has 2 heterocycles. The van der Waals surface area contributed by atoms with Gasteiger partial charge >= 0.3 is 0 Å². The highest BCUT2D eigenvalue weighted by Crippen LogP contribution is 2.19. The lowest BCUT2D eigenvalue weighted by Crippen LogP contribution is -2.37. The lowest BCUT2D eigenvalue weighted by molar-refractivity contribution is -0.120. The molecular formula is C18H23N5O2. The number of nitrogens with one attached hydrogen (secondary N) is 3. The number of anilines is 2. The molecule has 1 aromatic heterocycles. The van der Waals surface area contributed by atoms with Crippen LogP contribution in [-0.2, 0) is 9.59 Å². The summed E-state index contributed by atoms with van der Waals surface area (Å²) in [4.78, 5) is 24.6. The summed E-state index contributed by atoms with van der Waals surface area (Å²) in [5.41, 5.74) is 1.32. The fourth-order valence-electron chi connectivity index (χ4n) is 2.87. The van der Waals surface area contributed by atoms with E-state index in [-0.39, 0.29) is 17.7 Å². The molecule has 3 rings (SSSR count). The minimum Gasteiger partial charge on any atom is -0.326 e. The molecule has 0 bridgehead atoms. The Labute approximate surface area is 146 Å². The molecule has 1 aliphatic rings. The van der Waals surface area contributed by atoms with Gasteiger partial charge in [-0.15, -0.1) is 0 Å². The molecule has 2 amide bonds. The third-order valence-corrected chi connectivity index (χ3v) is 4.37. The van der Waals surface area contributed by atoms with Crippen molar-refractivity contribution in [3.05, 3.63) is 42.7 Å². The van der Waals surface area contributed by atoms with E-state index in [2.05, 4.69) is 21.0 Å². The highest BCUT2D eigenvalue weighted by molar-refractivity contribution is 5.96. The van der Waals surface area contributed by atoms with Crippen molar-refractivity contribution in [2.24, 2.45) is 5.92 Å². The highest BCUT2D eigenvalue weighted by Gasteiger charge is 2.21. The average Bonchev–Trinajstić information content (AvgIpc) is 3.16. The molecule has 2 atom stereocenters. The van der Waals surface area contributed by atoms with Gasteiger partial charge in [0.15, 0.2) is 0 Å². The number of aromatic nitrogens is 2. The SMILES string of the molecule is CC(C(=O)Nc1cccc(NC(=O)C2CCCNC2)c1)n1cccn1. The molecule has 7 heteroatoms. The molecule has 1 aliphatic heterocycles. The van der Waals surface area contributed by atoms with Crippen LogP contribution in [0.4, 0.5) is 11.4 Å². The monoisotopic (exact) mass is 341 g/mol. The van der Waals surface area contributed by atoms with Crippen molar-refractivity contribution in [2.45, 2.75) is 25.8 Å². The lowest BCUT2D eigenvalue weighted by Gasteiger charge is -2.22. The third kappa shape index (κ3) is 4.45. The number of hydrogen-bond acceptors (Lipinski definition) is 4. The topological polar surface area (TPSA) is 88.0 Å². The fraction of sp³-hybridized carbons (Fsp3) is 0.389. The summed E-state index contributed by atoms with van der Waals surface area (Å²) in [6, 6.07) is 8.55. The molecule has 1 saturated heterocycles. The number of hydrogen-bond donors (Lipinski definition) is 3. The Hall–Kier alpha value is -2.67. The average molecular weight is 341 g/mol. The van der Waals surface area contributed by atoms with E-state index >= 15 is 0 Å². The second-order valence-electron chi connectivity index (χ2n) is 6.26. The molecule has 7 nitrogen and oxygen atoms in total. The fourth-order valence-corrected chi connectivity index (χ4v) is 2.87. The normalized spacial score (nSPS) is 18.4. The summed E-state index contributed by atoms with van der Waals surface area (Å²) in [6.45, 7) is 3.47. The zero-order chi connectivity index (χ0) is 17.6. The smallest absolute Gasteiger partial charge is 0.248 e. The van der Waals surface area contributed by atoms with Crippen LogP contribution in [0.15, 0.2) is 42.7 Å². The van der Waals surface area contributed by atoms with E-state index in [9.17, 15) is 9.59 Å². The molecule has 2 aromatic rings. The van der Waals surface area contributed by atoms with Crippen LogP contribution in [0.5, 0.6) is 0 Å². The first-order chi connectivity index (χ1) is 12.1. The molecular weight excluding hydrogens is 318 g/mol. The number of nitrogens with zero attached hydrogens (tertiary/aromatic N) is 2. The van der Waals surface area contributed by atoms with E-state index in [1.54, 1.807) is 42.2 Å². The molecule has 0 aliphatic carbocycles. The Morgan fingerprint density at radius 3 is 2.76 bits per heavy atom. The van der Waals surface area contributed by atoms with Crippen LogP contribution in [0.3, 0.4) is 0 Å². The summed E-state index contributed by atoms with van der Waals surface area (Å²) in [5.74, 6) is -0.156. The number of benzene rings is 1. The Kier molecular flexibility index (Phi) is 5.45. The number of amides is 2. The number of carbonyl (C=O) groups is 2. The maximum absolute atomic E-state index is 12.3. The standard InChI is InChI=1S/C18H23N5O2/c1-13(23-10-4-9-20-23)17(24)21-15-6-2-7-16(11-15)22-18(25)14-5-3-8-19-12-14/h2,4,6-7,9-11,13-14,19H,3,5,8,12H2,1H3,(H,21,24)(H,22,25). The van der Waals surface area contributed by atoms with E-state index in [1.165, 1.54) is 0 Å². The summed E-state index contributed by atoms with van der Waals surface area (Å²) in [7, 11) is 0. The van der Waals surface area contributed by atoms with Gasteiger partial charge in [0.25, 0.3) is 0 Å². The first-order valence-electron chi connectivity index (χ1n) is 8.55. The van der Waals surface area contributed by atoms with Gasteiger partial charge in [-0.25, -0.2) is 0 Å². The van der Waals surface area contributed by atoms with Crippen molar-refractivity contribution < 1.29 is 9.59 Å². The maximum atomic E-state index is 12.3. The van der Waals surface area contributed by atoms with E-state index in [4.69, 9.17) is 0 Å². The van der Waals surface area contributed by atoms with E-state index in [1.807, 2.05) is 12.1 Å². The van der Waals surface area contributed by atoms with Crippen LogP contribution in [0.1, 0.15) is 25.8 Å². The maximum Gasteiger partial charge on any atom is 0.248 e. The quantitative estimate of drug-likeness (QED) is 0.776. The largest absolute Gasteiger partial charge is 0.326 e. The summed E-state index contributed by atoms with van der Waals surface area (Å²) >= 11 is 0. The highest BCUT2D eigenvalue weighted by atomic mass is 16.2. The predicted octanol–water partition coefficient (Wildman–Crippen LogP) is 2.02. The van der Waals surface area contributed by atoms with E-state index in [0.29, 0.717) is 17.9 Å². The minimum atomic E-state index is -0.415. The summed E-state index contributed by atoms with van der Waals surface area (Å²) in [5, 5.41) is 13.1. The second kappa shape index (κ2) is 7.94. The van der Waals surface area contributed by atoms with Crippen LogP contribution in [0.25, 0.3) is 0 Å². The van der Waals surface area contributed by atoms with Gasteiger partial charge in [-0.1, -0.05) is 6.07 Å². The van der Waals surface area contributed by atoms with Gasteiger partial charge in [0.2, 0.25) is 11.8 Å². The third-order valence-electron chi connectivity index (χ3n) is 4.37. The van der Waals surface area contributed by atoms with Crippen molar-refractivity contribution >= 4 is 23.2 Å². The first-order valence-corrected chi connectivity index (χ1v) is 8.55. The summed E-state index contributed by atoms with van der Waals surface area (Å²) < 4.78 is 1.59. The molecule has 2 unspecified atom stereocenters.